The van der Waals surface area contributed by atoms with Gasteiger partial charge >= 0.3 is 0 Å². The minimum Gasteiger partial charge on any atom is -0.390 e. The summed E-state index contributed by atoms with van der Waals surface area (Å²) in [6.07, 6.45) is 12.7. The molecule has 21 heavy (non-hydrogen) atoms. The molecule has 1 saturated heterocycles. The highest BCUT2D eigenvalue weighted by atomic mass is 16.3. The molecule has 3 aliphatic rings. The number of nitrogens with zero attached hydrogens (tertiary/aromatic N) is 1. The third-order valence-electron chi connectivity index (χ3n) is 6.80. The summed E-state index contributed by atoms with van der Waals surface area (Å²) in [5, 5.41) is 10.4. The summed E-state index contributed by atoms with van der Waals surface area (Å²) in [6.45, 7) is 3.70. The maximum Gasteiger partial charge on any atom is 0.222 e. The van der Waals surface area contributed by atoms with Crippen molar-refractivity contribution in [3.05, 3.63) is 0 Å². The Balaban J connectivity index is 1.42. The van der Waals surface area contributed by atoms with Crippen molar-refractivity contribution in [3.8, 4) is 0 Å². The molecule has 1 heterocycles. The van der Waals surface area contributed by atoms with Gasteiger partial charge in [0.05, 0.1) is 5.60 Å². The Morgan fingerprint density at radius 3 is 2.29 bits per heavy atom. The van der Waals surface area contributed by atoms with Crippen molar-refractivity contribution in [1.82, 2.24) is 4.90 Å². The van der Waals surface area contributed by atoms with Crippen LogP contribution in [-0.4, -0.2) is 34.6 Å². The molecular weight excluding hydrogens is 262 g/mol. The van der Waals surface area contributed by atoms with E-state index < -0.39 is 5.60 Å². The van der Waals surface area contributed by atoms with Crippen LogP contribution in [0.25, 0.3) is 0 Å². The Bertz CT molecular complexity index is 377. The van der Waals surface area contributed by atoms with Crippen LogP contribution in [-0.2, 0) is 4.79 Å². The van der Waals surface area contributed by atoms with Gasteiger partial charge < -0.3 is 10.0 Å². The summed E-state index contributed by atoms with van der Waals surface area (Å²) in [7, 11) is 0. The van der Waals surface area contributed by atoms with Crippen LogP contribution in [0.2, 0.25) is 0 Å². The molecule has 1 aliphatic heterocycles. The Hall–Kier alpha value is -0.570. The van der Waals surface area contributed by atoms with Gasteiger partial charge in [0.15, 0.2) is 0 Å². The molecule has 2 aliphatic carbocycles. The van der Waals surface area contributed by atoms with E-state index in [1.165, 1.54) is 32.1 Å². The number of piperidine rings is 1. The van der Waals surface area contributed by atoms with Gasteiger partial charge in [0.2, 0.25) is 5.91 Å². The maximum absolute atomic E-state index is 12.4. The van der Waals surface area contributed by atoms with Gasteiger partial charge in [-0.25, -0.2) is 0 Å². The van der Waals surface area contributed by atoms with Crippen molar-refractivity contribution < 1.29 is 9.90 Å². The van der Waals surface area contributed by atoms with E-state index in [4.69, 9.17) is 0 Å². The molecule has 0 aromatic rings. The third kappa shape index (κ3) is 2.99. The van der Waals surface area contributed by atoms with E-state index >= 15 is 0 Å². The second-order valence-electron chi connectivity index (χ2n) is 7.98. The summed E-state index contributed by atoms with van der Waals surface area (Å²) in [5.41, 5.74) is -0.364. The van der Waals surface area contributed by atoms with E-state index in [0.29, 0.717) is 5.91 Å². The van der Waals surface area contributed by atoms with Gasteiger partial charge in [-0.15, -0.1) is 0 Å². The standard InChI is InChI=1S/C18H31NO2/c1-17(21)9-10-18(17)11-13-19(14-12-18)16(20)8-7-15-5-3-2-4-6-15/h15,21H,2-14H2,1H3. The molecule has 2 saturated carbocycles. The first-order valence-electron chi connectivity index (χ1n) is 9.03. The Morgan fingerprint density at radius 2 is 1.76 bits per heavy atom. The molecule has 1 unspecified atom stereocenters. The Morgan fingerprint density at radius 1 is 1.10 bits per heavy atom. The van der Waals surface area contributed by atoms with E-state index in [1.54, 1.807) is 0 Å². The Labute approximate surface area is 129 Å². The summed E-state index contributed by atoms with van der Waals surface area (Å²) >= 11 is 0. The minimum atomic E-state index is -0.482. The molecule has 1 spiro atoms. The zero-order chi connectivity index (χ0) is 14.9. The average Bonchev–Trinajstić information content (AvgIpc) is 2.52. The van der Waals surface area contributed by atoms with Crippen molar-refractivity contribution in [3.63, 3.8) is 0 Å². The number of likely N-dealkylation sites (tertiary alicyclic amines) is 1. The first-order chi connectivity index (χ1) is 10.0. The van der Waals surface area contributed by atoms with E-state index in [-0.39, 0.29) is 5.41 Å². The van der Waals surface area contributed by atoms with Gasteiger partial charge in [0.1, 0.15) is 0 Å². The van der Waals surface area contributed by atoms with Crippen LogP contribution in [0.4, 0.5) is 0 Å². The van der Waals surface area contributed by atoms with Gasteiger partial charge in [0.25, 0.3) is 0 Å². The first kappa shape index (κ1) is 15.3. The number of carbonyl (C=O) groups excluding carboxylic acids is 1. The largest absolute Gasteiger partial charge is 0.390 e. The van der Waals surface area contributed by atoms with E-state index in [2.05, 4.69) is 4.90 Å². The molecule has 1 amide bonds. The number of hydrogen-bond donors (Lipinski definition) is 1. The molecule has 0 aromatic carbocycles. The molecule has 1 N–H and O–H groups in total. The average molecular weight is 293 g/mol. The van der Waals surface area contributed by atoms with Crippen LogP contribution in [0, 0.1) is 11.3 Å². The maximum atomic E-state index is 12.4. The van der Waals surface area contributed by atoms with Crippen molar-refractivity contribution in [2.45, 2.75) is 83.2 Å². The second kappa shape index (κ2) is 5.91. The highest BCUT2D eigenvalue weighted by Crippen LogP contribution is 2.56. The molecule has 3 rings (SSSR count). The SMILES string of the molecule is CC1(O)CCC12CCN(C(=O)CCC1CCCCC1)CC2. The van der Waals surface area contributed by atoms with Crippen LogP contribution in [0.3, 0.4) is 0 Å². The van der Waals surface area contributed by atoms with Gasteiger partial charge in [-0.05, 0) is 44.9 Å². The second-order valence-corrected chi connectivity index (χ2v) is 7.98. The lowest BCUT2D eigenvalue weighted by molar-refractivity contribution is -0.180. The molecule has 0 bridgehead atoms. The fraction of sp³-hybridized carbons (Fsp3) is 0.944. The Kier molecular flexibility index (Phi) is 4.31. The lowest BCUT2D eigenvalue weighted by Gasteiger charge is -2.58. The molecule has 120 valence electrons. The summed E-state index contributed by atoms with van der Waals surface area (Å²) in [4.78, 5) is 14.4. The lowest BCUT2D eigenvalue weighted by Crippen LogP contribution is -2.60. The van der Waals surface area contributed by atoms with E-state index in [9.17, 15) is 9.90 Å². The van der Waals surface area contributed by atoms with Crippen LogP contribution in [0.15, 0.2) is 0 Å². The monoisotopic (exact) mass is 293 g/mol. The van der Waals surface area contributed by atoms with Gasteiger partial charge in [0, 0.05) is 24.9 Å². The zero-order valence-corrected chi connectivity index (χ0v) is 13.6. The van der Waals surface area contributed by atoms with E-state index in [1.807, 2.05) is 6.92 Å². The van der Waals surface area contributed by atoms with Crippen molar-refractivity contribution >= 4 is 5.91 Å². The van der Waals surface area contributed by atoms with Crippen LogP contribution >= 0.6 is 0 Å². The van der Waals surface area contributed by atoms with Gasteiger partial charge in [-0.1, -0.05) is 32.1 Å². The van der Waals surface area contributed by atoms with Crippen LogP contribution < -0.4 is 0 Å². The zero-order valence-electron chi connectivity index (χ0n) is 13.6. The molecule has 1 atom stereocenters. The number of rotatable bonds is 3. The number of hydrogen-bond acceptors (Lipinski definition) is 2. The molecule has 3 heteroatoms. The summed E-state index contributed by atoms with van der Waals surface area (Å²) in [6, 6.07) is 0. The summed E-state index contributed by atoms with van der Waals surface area (Å²) in [5.74, 6) is 1.15. The fourth-order valence-corrected chi connectivity index (χ4v) is 4.77. The predicted molar refractivity (Wildman–Crippen MR) is 83.9 cm³/mol. The number of carbonyl (C=O) groups is 1. The molecule has 0 radical (unpaired) electrons. The van der Waals surface area contributed by atoms with Gasteiger partial charge in [-0.2, -0.15) is 0 Å². The third-order valence-corrected chi connectivity index (χ3v) is 6.80. The molecular formula is C18H31NO2. The summed E-state index contributed by atoms with van der Waals surface area (Å²) < 4.78 is 0. The van der Waals surface area contributed by atoms with Crippen molar-refractivity contribution in [1.29, 1.82) is 0 Å². The van der Waals surface area contributed by atoms with Crippen LogP contribution in [0.5, 0.6) is 0 Å². The lowest BCUT2D eigenvalue weighted by atomic mass is 9.53. The fourth-order valence-electron chi connectivity index (χ4n) is 4.77. The predicted octanol–water partition coefficient (Wildman–Crippen LogP) is 3.50. The highest BCUT2D eigenvalue weighted by Gasteiger charge is 2.55. The van der Waals surface area contributed by atoms with Gasteiger partial charge in [-0.3, -0.25) is 4.79 Å². The molecule has 0 aromatic heterocycles. The quantitative estimate of drug-likeness (QED) is 0.865. The number of amides is 1. The normalized spacial score (nSPS) is 33.0. The van der Waals surface area contributed by atoms with E-state index in [0.717, 1.165) is 57.5 Å². The van der Waals surface area contributed by atoms with Crippen LogP contribution in [0.1, 0.15) is 77.6 Å². The van der Waals surface area contributed by atoms with Crippen molar-refractivity contribution in [2.75, 3.05) is 13.1 Å². The first-order valence-corrected chi connectivity index (χ1v) is 9.03. The highest BCUT2D eigenvalue weighted by molar-refractivity contribution is 5.76. The molecule has 3 fully saturated rings. The number of aliphatic hydroxyl groups is 1. The molecule has 3 nitrogen and oxygen atoms in total. The topological polar surface area (TPSA) is 40.5 Å². The minimum absolute atomic E-state index is 0.118. The smallest absolute Gasteiger partial charge is 0.222 e. The van der Waals surface area contributed by atoms with Crippen molar-refractivity contribution in [2.24, 2.45) is 11.3 Å².